The summed E-state index contributed by atoms with van der Waals surface area (Å²) in [5.41, 5.74) is 0.620. The summed E-state index contributed by atoms with van der Waals surface area (Å²) in [6, 6.07) is 8.38. The highest BCUT2D eigenvalue weighted by Crippen LogP contribution is 2.29. The predicted octanol–water partition coefficient (Wildman–Crippen LogP) is 2.96. The lowest BCUT2D eigenvalue weighted by Crippen LogP contribution is -2.14. The van der Waals surface area contributed by atoms with Crippen LogP contribution in [0.25, 0.3) is 0 Å². The molecule has 134 valence electrons. The third-order valence-electron chi connectivity index (χ3n) is 3.19. The van der Waals surface area contributed by atoms with Gasteiger partial charge in [0.25, 0.3) is 0 Å². The molecule has 0 fully saturated rings. The first kappa shape index (κ1) is 18.7. The summed E-state index contributed by atoms with van der Waals surface area (Å²) in [5.74, 6) is 1.91. The normalized spacial score (nSPS) is 10.2. The summed E-state index contributed by atoms with van der Waals surface area (Å²) in [6.07, 6.45) is 0. The minimum Gasteiger partial charge on any atom is -0.493 e. The second-order valence-corrected chi connectivity index (χ2v) is 5.85. The zero-order chi connectivity index (χ0) is 18.2. The van der Waals surface area contributed by atoms with Crippen LogP contribution in [0.2, 0.25) is 0 Å². The van der Waals surface area contributed by atoms with E-state index in [1.807, 2.05) is 0 Å². The van der Waals surface area contributed by atoms with E-state index in [-0.39, 0.29) is 17.4 Å². The van der Waals surface area contributed by atoms with Gasteiger partial charge < -0.3 is 23.9 Å². The first-order valence-electron chi connectivity index (χ1n) is 7.34. The van der Waals surface area contributed by atoms with Crippen LogP contribution in [-0.2, 0) is 15.3 Å². The van der Waals surface area contributed by atoms with Crippen LogP contribution in [0.3, 0.4) is 0 Å². The van der Waals surface area contributed by atoms with Crippen LogP contribution in [0.5, 0.6) is 11.5 Å². The number of carbonyl (C=O) groups excluding carboxylic acids is 2. The van der Waals surface area contributed by atoms with Crippen LogP contribution < -0.4 is 14.8 Å². The molecule has 0 bridgehead atoms. The number of thioether (sulfide) groups is 1. The van der Waals surface area contributed by atoms with E-state index in [1.165, 1.54) is 26.0 Å². The molecule has 0 unspecified atom stereocenters. The molecule has 1 amide bonds. The van der Waals surface area contributed by atoms with E-state index in [9.17, 15) is 9.59 Å². The Balaban J connectivity index is 1.83. The van der Waals surface area contributed by atoms with Crippen molar-refractivity contribution in [3.63, 3.8) is 0 Å². The minimum atomic E-state index is -0.526. The monoisotopic (exact) mass is 365 g/mol. The number of hydrogen-bond donors (Lipinski definition) is 1. The van der Waals surface area contributed by atoms with Gasteiger partial charge in [0.05, 0.1) is 32.8 Å². The molecule has 1 N–H and O–H groups in total. The number of anilines is 1. The largest absolute Gasteiger partial charge is 0.493 e. The van der Waals surface area contributed by atoms with Gasteiger partial charge in [0.15, 0.2) is 11.5 Å². The number of ether oxygens (including phenoxy) is 3. The molecular formula is C17H19NO6S. The number of carbonyl (C=O) groups is 2. The van der Waals surface area contributed by atoms with Crippen LogP contribution in [0.1, 0.15) is 16.3 Å². The van der Waals surface area contributed by atoms with E-state index in [0.717, 1.165) is 0 Å². The fourth-order valence-electron chi connectivity index (χ4n) is 2.02. The van der Waals surface area contributed by atoms with Crippen molar-refractivity contribution in [2.75, 3.05) is 32.4 Å². The third-order valence-corrected chi connectivity index (χ3v) is 4.15. The highest BCUT2D eigenvalue weighted by Gasteiger charge is 2.12. The van der Waals surface area contributed by atoms with E-state index in [4.69, 9.17) is 13.9 Å². The topological polar surface area (TPSA) is 87.0 Å². The number of hydrogen-bond acceptors (Lipinski definition) is 7. The zero-order valence-corrected chi connectivity index (χ0v) is 15.0. The number of furan rings is 1. The van der Waals surface area contributed by atoms with Crippen LogP contribution in [0.4, 0.5) is 5.69 Å². The molecule has 0 atom stereocenters. The summed E-state index contributed by atoms with van der Waals surface area (Å²) in [5, 5.41) is 2.79. The molecule has 2 rings (SSSR count). The average molecular weight is 365 g/mol. The molecule has 0 aliphatic carbocycles. The van der Waals surface area contributed by atoms with Crippen LogP contribution in [0, 0.1) is 0 Å². The lowest BCUT2D eigenvalue weighted by atomic mass is 10.2. The molecule has 0 aliphatic rings. The molecule has 1 heterocycles. The Morgan fingerprint density at radius 2 is 1.84 bits per heavy atom. The number of esters is 1. The van der Waals surface area contributed by atoms with Gasteiger partial charge >= 0.3 is 5.97 Å². The van der Waals surface area contributed by atoms with Crippen molar-refractivity contribution in [3.05, 3.63) is 41.9 Å². The SMILES string of the molecule is COC(=O)c1ccc(CSCC(=O)Nc2ccc(OC)c(OC)c2)o1. The Morgan fingerprint density at radius 1 is 1.08 bits per heavy atom. The van der Waals surface area contributed by atoms with Crippen molar-refractivity contribution in [1.82, 2.24) is 0 Å². The highest BCUT2D eigenvalue weighted by molar-refractivity contribution is 7.99. The molecule has 0 saturated carbocycles. The van der Waals surface area contributed by atoms with Crippen molar-refractivity contribution in [2.24, 2.45) is 0 Å². The summed E-state index contributed by atoms with van der Waals surface area (Å²) in [7, 11) is 4.37. The number of nitrogens with one attached hydrogen (secondary N) is 1. The smallest absolute Gasteiger partial charge is 0.373 e. The maximum atomic E-state index is 12.0. The van der Waals surface area contributed by atoms with E-state index < -0.39 is 5.97 Å². The summed E-state index contributed by atoms with van der Waals surface area (Å²) < 4.78 is 20.3. The Bertz CT molecular complexity index is 742. The van der Waals surface area contributed by atoms with E-state index >= 15 is 0 Å². The van der Waals surface area contributed by atoms with Gasteiger partial charge in [-0.15, -0.1) is 11.8 Å². The number of rotatable bonds is 8. The van der Waals surface area contributed by atoms with E-state index in [1.54, 1.807) is 37.4 Å². The van der Waals surface area contributed by atoms with Crippen molar-refractivity contribution < 1.29 is 28.2 Å². The minimum absolute atomic E-state index is 0.146. The Labute approximate surface area is 149 Å². The van der Waals surface area contributed by atoms with Crippen LogP contribution in [0.15, 0.2) is 34.7 Å². The molecule has 0 aliphatic heterocycles. The van der Waals surface area contributed by atoms with Gasteiger partial charge in [-0.1, -0.05) is 0 Å². The Hall–Kier alpha value is -2.61. The fourth-order valence-corrected chi connectivity index (χ4v) is 2.74. The van der Waals surface area contributed by atoms with Gasteiger partial charge in [-0.05, 0) is 24.3 Å². The molecule has 8 heteroatoms. The Morgan fingerprint density at radius 3 is 2.52 bits per heavy atom. The van der Waals surface area contributed by atoms with E-state index in [0.29, 0.717) is 28.7 Å². The molecule has 1 aromatic carbocycles. The van der Waals surface area contributed by atoms with Gasteiger partial charge in [-0.25, -0.2) is 4.79 Å². The molecule has 7 nitrogen and oxygen atoms in total. The second kappa shape index (κ2) is 9.03. The van der Waals surface area contributed by atoms with E-state index in [2.05, 4.69) is 10.1 Å². The van der Waals surface area contributed by atoms with Crippen molar-refractivity contribution in [3.8, 4) is 11.5 Å². The molecule has 1 aromatic heterocycles. The van der Waals surface area contributed by atoms with Gasteiger partial charge in [0.2, 0.25) is 11.7 Å². The molecule has 25 heavy (non-hydrogen) atoms. The summed E-state index contributed by atoms with van der Waals surface area (Å²) in [4.78, 5) is 23.3. The quantitative estimate of drug-likeness (QED) is 0.720. The average Bonchev–Trinajstić information content (AvgIpc) is 3.09. The first-order valence-corrected chi connectivity index (χ1v) is 8.49. The maximum Gasteiger partial charge on any atom is 0.373 e. The maximum absolute atomic E-state index is 12.0. The molecule has 0 spiro atoms. The van der Waals surface area contributed by atoms with Crippen LogP contribution in [-0.4, -0.2) is 39.0 Å². The number of amides is 1. The molecule has 0 radical (unpaired) electrons. The van der Waals surface area contributed by atoms with Crippen molar-refractivity contribution >= 4 is 29.3 Å². The lowest BCUT2D eigenvalue weighted by molar-refractivity contribution is -0.113. The first-order chi connectivity index (χ1) is 12.1. The zero-order valence-electron chi connectivity index (χ0n) is 14.2. The molecular weight excluding hydrogens is 346 g/mol. The highest BCUT2D eigenvalue weighted by atomic mass is 32.2. The second-order valence-electron chi connectivity index (χ2n) is 4.87. The van der Waals surface area contributed by atoms with Gasteiger partial charge in [-0.3, -0.25) is 4.79 Å². The molecule has 0 saturated heterocycles. The predicted molar refractivity (Wildman–Crippen MR) is 94.4 cm³/mol. The lowest BCUT2D eigenvalue weighted by Gasteiger charge is -2.10. The van der Waals surface area contributed by atoms with Gasteiger partial charge in [0.1, 0.15) is 5.76 Å². The van der Waals surface area contributed by atoms with Gasteiger partial charge in [-0.2, -0.15) is 0 Å². The molecule has 2 aromatic rings. The van der Waals surface area contributed by atoms with Gasteiger partial charge in [0, 0.05) is 11.8 Å². The number of methoxy groups -OCH3 is 3. The van der Waals surface area contributed by atoms with Crippen LogP contribution >= 0.6 is 11.8 Å². The fraction of sp³-hybridized carbons (Fsp3) is 0.294. The summed E-state index contributed by atoms with van der Waals surface area (Å²) >= 11 is 1.37. The summed E-state index contributed by atoms with van der Waals surface area (Å²) in [6.45, 7) is 0. The van der Waals surface area contributed by atoms with Crippen molar-refractivity contribution in [1.29, 1.82) is 0 Å². The third kappa shape index (κ3) is 5.18. The number of benzene rings is 1. The Kier molecular flexibility index (Phi) is 6.76. The standard InChI is InChI=1S/C17H19NO6S/c1-21-13-6-4-11(8-15(13)22-2)18-16(19)10-25-9-12-5-7-14(24-12)17(20)23-3/h4-8H,9-10H2,1-3H3,(H,18,19). The van der Waals surface area contributed by atoms with Crippen molar-refractivity contribution in [2.45, 2.75) is 5.75 Å².